The van der Waals surface area contributed by atoms with Gasteiger partial charge in [0.05, 0.1) is 17.5 Å². The third-order valence-electron chi connectivity index (χ3n) is 3.38. The Morgan fingerprint density at radius 1 is 0.950 bits per heavy atom. The van der Waals surface area contributed by atoms with Crippen molar-refractivity contribution in [2.24, 2.45) is 0 Å². The zero-order valence-corrected chi connectivity index (χ0v) is 11.4. The molecule has 0 spiro atoms. The number of benzene rings is 2. The van der Waals surface area contributed by atoms with E-state index in [1.165, 1.54) is 11.1 Å². The van der Waals surface area contributed by atoms with Crippen LogP contribution in [0.2, 0.25) is 0 Å². The van der Waals surface area contributed by atoms with Crippen LogP contribution in [0, 0.1) is 6.92 Å². The molecule has 3 rings (SSSR count). The summed E-state index contributed by atoms with van der Waals surface area (Å²) in [5.74, 6) is 0.657. The van der Waals surface area contributed by atoms with Crippen molar-refractivity contribution in [1.29, 1.82) is 0 Å². The first-order valence-electron chi connectivity index (χ1n) is 6.71. The van der Waals surface area contributed by atoms with Gasteiger partial charge in [0.1, 0.15) is 6.33 Å². The van der Waals surface area contributed by atoms with E-state index in [1.807, 2.05) is 24.3 Å². The number of ether oxygens (including phenoxy) is 1. The van der Waals surface area contributed by atoms with E-state index in [9.17, 15) is 0 Å². The lowest BCUT2D eigenvalue weighted by Crippen LogP contribution is -2.04. The Kier molecular flexibility index (Phi) is 3.59. The van der Waals surface area contributed by atoms with Crippen LogP contribution >= 0.6 is 0 Å². The van der Waals surface area contributed by atoms with Crippen LogP contribution in [0.15, 0.2) is 54.9 Å². The number of hydrogen-bond donors (Lipinski definition) is 0. The van der Waals surface area contributed by atoms with Crippen LogP contribution in [0.3, 0.4) is 0 Å². The van der Waals surface area contributed by atoms with Gasteiger partial charge in [-0.2, -0.15) is 0 Å². The number of aryl methyl sites for hydroxylation is 1. The molecular formula is C17H16N2O. The summed E-state index contributed by atoms with van der Waals surface area (Å²) < 4.78 is 5.83. The summed E-state index contributed by atoms with van der Waals surface area (Å²) in [5, 5.41) is 0.958. The van der Waals surface area contributed by atoms with Gasteiger partial charge in [0, 0.05) is 6.42 Å². The fourth-order valence-electron chi connectivity index (χ4n) is 2.24. The fraction of sp³-hybridized carbons (Fsp3) is 0.176. The van der Waals surface area contributed by atoms with E-state index in [4.69, 9.17) is 4.74 Å². The highest BCUT2D eigenvalue weighted by Crippen LogP contribution is 2.20. The Labute approximate surface area is 118 Å². The molecule has 0 amide bonds. The van der Waals surface area contributed by atoms with Crippen LogP contribution in [0.1, 0.15) is 11.1 Å². The summed E-state index contributed by atoms with van der Waals surface area (Å²) in [7, 11) is 0. The quantitative estimate of drug-likeness (QED) is 0.722. The normalized spacial score (nSPS) is 10.7. The van der Waals surface area contributed by atoms with Gasteiger partial charge in [-0.25, -0.2) is 9.97 Å². The molecule has 0 N–H and O–H groups in total. The Morgan fingerprint density at radius 3 is 2.65 bits per heavy atom. The monoisotopic (exact) mass is 264 g/mol. The predicted octanol–water partition coefficient (Wildman–Crippen LogP) is 3.56. The number of aromatic nitrogens is 2. The second-order valence-corrected chi connectivity index (χ2v) is 4.72. The first-order chi connectivity index (χ1) is 9.84. The third kappa shape index (κ3) is 2.62. The van der Waals surface area contributed by atoms with Crippen LogP contribution < -0.4 is 4.74 Å². The van der Waals surface area contributed by atoms with Gasteiger partial charge in [-0.3, -0.25) is 0 Å². The molecule has 0 fully saturated rings. The zero-order valence-electron chi connectivity index (χ0n) is 11.4. The van der Waals surface area contributed by atoms with E-state index in [0.29, 0.717) is 12.5 Å². The van der Waals surface area contributed by atoms with Crippen LogP contribution in [0.25, 0.3) is 10.9 Å². The van der Waals surface area contributed by atoms with Crippen molar-refractivity contribution in [3.05, 3.63) is 66.0 Å². The number of fused-ring (bicyclic) bond motifs is 1. The molecule has 0 aliphatic carbocycles. The predicted molar refractivity (Wildman–Crippen MR) is 79.9 cm³/mol. The Morgan fingerprint density at radius 2 is 1.75 bits per heavy atom. The van der Waals surface area contributed by atoms with E-state index in [2.05, 4.69) is 41.2 Å². The first kappa shape index (κ1) is 12.6. The van der Waals surface area contributed by atoms with Gasteiger partial charge in [-0.1, -0.05) is 36.4 Å². The second kappa shape index (κ2) is 5.70. The molecule has 0 aliphatic heterocycles. The van der Waals surface area contributed by atoms with Crippen molar-refractivity contribution in [2.45, 2.75) is 13.3 Å². The van der Waals surface area contributed by atoms with Gasteiger partial charge in [0.15, 0.2) is 0 Å². The average molecular weight is 264 g/mol. The van der Waals surface area contributed by atoms with Gasteiger partial charge in [-0.15, -0.1) is 0 Å². The second-order valence-electron chi connectivity index (χ2n) is 4.72. The molecule has 1 heterocycles. The van der Waals surface area contributed by atoms with Crippen molar-refractivity contribution in [3.8, 4) is 5.88 Å². The Hall–Kier alpha value is -2.42. The fourth-order valence-corrected chi connectivity index (χ4v) is 2.24. The third-order valence-corrected chi connectivity index (χ3v) is 3.38. The van der Waals surface area contributed by atoms with Crippen molar-refractivity contribution in [3.63, 3.8) is 0 Å². The summed E-state index contributed by atoms with van der Waals surface area (Å²) in [6, 6.07) is 16.3. The van der Waals surface area contributed by atoms with Crippen molar-refractivity contribution in [2.75, 3.05) is 6.61 Å². The highest BCUT2D eigenvalue weighted by molar-refractivity contribution is 5.82. The van der Waals surface area contributed by atoms with Crippen LogP contribution in [-0.4, -0.2) is 16.6 Å². The molecule has 0 saturated carbocycles. The molecule has 3 heteroatoms. The van der Waals surface area contributed by atoms with E-state index in [0.717, 1.165) is 17.3 Å². The molecule has 3 nitrogen and oxygen atoms in total. The maximum Gasteiger partial charge on any atom is 0.224 e. The van der Waals surface area contributed by atoms with E-state index < -0.39 is 0 Å². The molecule has 100 valence electrons. The standard InChI is InChI=1S/C17H16N2O/c1-13-6-2-3-7-14(13)10-11-20-17-15-8-4-5-9-16(15)18-12-19-17/h2-9,12H,10-11H2,1H3. The maximum atomic E-state index is 5.83. The minimum absolute atomic E-state index is 0.617. The smallest absolute Gasteiger partial charge is 0.224 e. The van der Waals surface area contributed by atoms with Crippen LogP contribution in [0.4, 0.5) is 0 Å². The van der Waals surface area contributed by atoms with Gasteiger partial charge in [0.25, 0.3) is 0 Å². The summed E-state index contributed by atoms with van der Waals surface area (Å²) in [6.07, 6.45) is 2.43. The molecule has 3 aromatic rings. The van der Waals surface area contributed by atoms with Gasteiger partial charge < -0.3 is 4.74 Å². The molecular weight excluding hydrogens is 248 g/mol. The van der Waals surface area contributed by atoms with E-state index in [1.54, 1.807) is 6.33 Å². The Balaban J connectivity index is 1.73. The molecule has 0 radical (unpaired) electrons. The highest BCUT2D eigenvalue weighted by atomic mass is 16.5. The largest absolute Gasteiger partial charge is 0.477 e. The molecule has 0 saturated heterocycles. The summed E-state index contributed by atoms with van der Waals surface area (Å²) in [5.41, 5.74) is 3.52. The van der Waals surface area contributed by atoms with Gasteiger partial charge in [-0.05, 0) is 30.2 Å². The number of para-hydroxylation sites is 1. The van der Waals surface area contributed by atoms with Crippen LogP contribution in [0.5, 0.6) is 5.88 Å². The highest BCUT2D eigenvalue weighted by Gasteiger charge is 2.04. The van der Waals surface area contributed by atoms with Crippen LogP contribution in [-0.2, 0) is 6.42 Å². The van der Waals surface area contributed by atoms with E-state index in [-0.39, 0.29) is 0 Å². The number of rotatable bonds is 4. The van der Waals surface area contributed by atoms with Gasteiger partial charge >= 0.3 is 0 Å². The van der Waals surface area contributed by atoms with Crippen molar-refractivity contribution in [1.82, 2.24) is 9.97 Å². The first-order valence-corrected chi connectivity index (χ1v) is 6.71. The maximum absolute atomic E-state index is 5.83. The van der Waals surface area contributed by atoms with E-state index >= 15 is 0 Å². The molecule has 0 unspecified atom stereocenters. The molecule has 1 aromatic heterocycles. The lowest BCUT2D eigenvalue weighted by atomic mass is 10.1. The summed E-state index contributed by atoms with van der Waals surface area (Å²) >= 11 is 0. The number of hydrogen-bond acceptors (Lipinski definition) is 3. The average Bonchev–Trinajstić information content (AvgIpc) is 2.49. The topological polar surface area (TPSA) is 35.0 Å². The van der Waals surface area contributed by atoms with Crippen molar-refractivity contribution < 1.29 is 4.74 Å². The van der Waals surface area contributed by atoms with Gasteiger partial charge in [0.2, 0.25) is 5.88 Å². The SMILES string of the molecule is Cc1ccccc1CCOc1ncnc2ccccc12. The summed E-state index contributed by atoms with van der Waals surface area (Å²) in [6.45, 7) is 2.74. The zero-order chi connectivity index (χ0) is 13.8. The molecule has 20 heavy (non-hydrogen) atoms. The van der Waals surface area contributed by atoms with Crippen molar-refractivity contribution >= 4 is 10.9 Å². The number of nitrogens with zero attached hydrogens (tertiary/aromatic N) is 2. The molecule has 0 bridgehead atoms. The lowest BCUT2D eigenvalue weighted by Gasteiger charge is -2.09. The minimum atomic E-state index is 0.617. The minimum Gasteiger partial charge on any atom is -0.477 e. The summed E-state index contributed by atoms with van der Waals surface area (Å²) in [4.78, 5) is 8.46. The lowest BCUT2D eigenvalue weighted by molar-refractivity contribution is 0.313. The Bertz CT molecular complexity index is 720. The molecule has 0 atom stereocenters. The molecule has 0 aliphatic rings. The molecule has 2 aromatic carbocycles.